The summed E-state index contributed by atoms with van der Waals surface area (Å²) in [7, 11) is 0. The van der Waals surface area contributed by atoms with Crippen LogP contribution in [0.25, 0.3) is 11.1 Å². The van der Waals surface area contributed by atoms with Crippen molar-refractivity contribution in [3.8, 4) is 11.1 Å². The molecule has 0 aromatic heterocycles. The van der Waals surface area contributed by atoms with Crippen molar-refractivity contribution < 1.29 is 14.8 Å². The molecule has 1 N–H and O–H groups in total. The number of nitro benzene ring substituents is 1. The first kappa shape index (κ1) is 13.0. The van der Waals surface area contributed by atoms with Crippen LogP contribution in [-0.4, -0.2) is 16.0 Å². The van der Waals surface area contributed by atoms with E-state index in [0.717, 1.165) is 6.07 Å². The fourth-order valence-electron chi connectivity index (χ4n) is 1.73. The van der Waals surface area contributed by atoms with Crippen LogP contribution in [0.4, 0.5) is 5.69 Å². The Kier molecular flexibility index (Phi) is 3.48. The van der Waals surface area contributed by atoms with Crippen LogP contribution < -0.4 is 0 Å². The Bertz CT molecular complexity index is 669. The van der Waals surface area contributed by atoms with Crippen molar-refractivity contribution in [1.82, 2.24) is 0 Å². The second-order valence-electron chi connectivity index (χ2n) is 3.80. The fourth-order valence-corrected chi connectivity index (χ4v) is 1.92. The van der Waals surface area contributed by atoms with E-state index in [-0.39, 0.29) is 16.8 Å². The van der Waals surface area contributed by atoms with E-state index in [1.54, 1.807) is 24.3 Å². The van der Waals surface area contributed by atoms with Crippen LogP contribution >= 0.6 is 11.6 Å². The summed E-state index contributed by atoms with van der Waals surface area (Å²) in [5, 5.41) is 20.3. The van der Waals surface area contributed by atoms with Gasteiger partial charge in [0, 0.05) is 22.7 Å². The lowest BCUT2D eigenvalue weighted by Crippen LogP contribution is -2.00. The summed E-state index contributed by atoms with van der Waals surface area (Å²) in [6, 6.07) is 10.1. The van der Waals surface area contributed by atoms with Crippen molar-refractivity contribution in [3.63, 3.8) is 0 Å². The molecule has 0 saturated carbocycles. The minimum Gasteiger partial charge on any atom is -0.478 e. The molecule has 5 nitrogen and oxygen atoms in total. The molecule has 0 bridgehead atoms. The highest BCUT2D eigenvalue weighted by Gasteiger charge is 2.16. The molecule has 0 aliphatic carbocycles. The Labute approximate surface area is 113 Å². The number of benzene rings is 2. The third kappa shape index (κ3) is 2.71. The van der Waals surface area contributed by atoms with Gasteiger partial charge in [0.1, 0.15) is 0 Å². The number of carboxylic acid groups (broad SMARTS) is 1. The van der Waals surface area contributed by atoms with E-state index >= 15 is 0 Å². The van der Waals surface area contributed by atoms with Gasteiger partial charge < -0.3 is 5.11 Å². The van der Waals surface area contributed by atoms with Gasteiger partial charge in [-0.05, 0) is 23.8 Å². The lowest BCUT2D eigenvalue weighted by molar-refractivity contribution is -0.384. The van der Waals surface area contributed by atoms with Crippen LogP contribution in [0.3, 0.4) is 0 Å². The number of halogens is 1. The maximum Gasteiger partial charge on any atom is 0.336 e. The van der Waals surface area contributed by atoms with Gasteiger partial charge in [-0.3, -0.25) is 10.1 Å². The second kappa shape index (κ2) is 5.07. The summed E-state index contributed by atoms with van der Waals surface area (Å²) >= 11 is 5.85. The van der Waals surface area contributed by atoms with Gasteiger partial charge in [0.25, 0.3) is 5.69 Å². The van der Waals surface area contributed by atoms with E-state index in [1.165, 1.54) is 12.1 Å². The van der Waals surface area contributed by atoms with Gasteiger partial charge in [0.05, 0.1) is 10.5 Å². The number of aromatic carboxylic acids is 1. The molecule has 2 rings (SSSR count). The Morgan fingerprint density at radius 2 is 1.95 bits per heavy atom. The summed E-state index contributed by atoms with van der Waals surface area (Å²) in [6.07, 6.45) is 0. The van der Waals surface area contributed by atoms with Gasteiger partial charge in [-0.2, -0.15) is 0 Å². The molecule has 0 spiro atoms. The van der Waals surface area contributed by atoms with Crippen LogP contribution in [0.5, 0.6) is 0 Å². The van der Waals surface area contributed by atoms with E-state index in [9.17, 15) is 14.9 Å². The Balaban J connectivity index is 2.67. The van der Waals surface area contributed by atoms with Crippen molar-refractivity contribution >= 4 is 23.3 Å². The fraction of sp³-hybridized carbons (Fsp3) is 0. The molecule has 19 heavy (non-hydrogen) atoms. The highest BCUT2D eigenvalue weighted by Crippen LogP contribution is 2.29. The first-order chi connectivity index (χ1) is 8.99. The molecule has 0 atom stereocenters. The van der Waals surface area contributed by atoms with Gasteiger partial charge in [0.15, 0.2) is 0 Å². The lowest BCUT2D eigenvalue weighted by atomic mass is 9.99. The topological polar surface area (TPSA) is 80.4 Å². The first-order valence-electron chi connectivity index (χ1n) is 5.26. The maximum absolute atomic E-state index is 11.2. The molecule has 0 fully saturated rings. The summed E-state index contributed by atoms with van der Waals surface area (Å²) in [4.78, 5) is 21.4. The lowest BCUT2D eigenvalue weighted by Gasteiger charge is -2.06. The van der Waals surface area contributed by atoms with Crippen molar-refractivity contribution in [2.45, 2.75) is 0 Å². The number of carbonyl (C=O) groups is 1. The number of carboxylic acids is 1. The third-order valence-corrected chi connectivity index (χ3v) is 2.82. The number of hydrogen-bond acceptors (Lipinski definition) is 3. The molecule has 2 aromatic carbocycles. The van der Waals surface area contributed by atoms with Gasteiger partial charge >= 0.3 is 5.97 Å². The Morgan fingerprint density at radius 1 is 1.21 bits per heavy atom. The summed E-state index contributed by atoms with van der Waals surface area (Å²) in [5.41, 5.74) is 0.616. The van der Waals surface area contributed by atoms with E-state index in [4.69, 9.17) is 16.7 Å². The summed E-state index contributed by atoms with van der Waals surface area (Å²) in [6.45, 7) is 0. The standard InChI is InChI=1S/C13H8ClNO4/c14-9-3-1-2-8(6-9)12-7-10(15(18)19)4-5-11(12)13(16)17/h1-7H,(H,16,17). The van der Waals surface area contributed by atoms with Crippen molar-refractivity contribution in [3.05, 3.63) is 63.2 Å². The van der Waals surface area contributed by atoms with Crippen LogP contribution in [0.15, 0.2) is 42.5 Å². The van der Waals surface area contributed by atoms with Crippen LogP contribution in [0, 0.1) is 10.1 Å². The molecule has 0 radical (unpaired) electrons. The molecule has 0 aliphatic heterocycles. The molecule has 0 saturated heterocycles. The predicted octanol–water partition coefficient (Wildman–Crippen LogP) is 3.61. The van der Waals surface area contributed by atoms with E-state index < -0.39 is 10.9 Å². The zero-order chi connectivity index (χ0) is 14.0. The monoisotopic (exact) mass is 277 g/mol. The van der Waals surface area contributed by atoms with Gasteiger partial charge in [0.2, 0.25) is 0 Å². The normalized spacial score (nSPS) is 10.2. The van der Waals surface area contributed by atoms with Crippen LogP contribution in [-0.2, 0) is 0 Å². The molecule has 0 amide bonds. The average Bonchev–Trinajstić information content (AvgIpc) is 2.37. The van der Waals surface area contributed by atoms with Crippen molar-refractivity contribution in [2.75, 3.05) is 0 Å². The number of nitro groups is 1. The highest BCUT2D eigenvalue weighted by molar-refractivity contribution is 6.30. The number of nitrogens with zero attached hydrogens (tertiary/aromatic N) is 1. The van der Waals surface area contributed by atoms with E-state index in [1.807, 2.05) is 0 Å². The summed E-state index contributed by atoms with van der Waals surface area (Å²) < 4.78 is 0. The SMILES string of the molecule is O=C(O)c1ccc([N+](=O)[O-])cc1-c1cccc(Cl)c1. The molecule has 0 heterocycles. The van der Waals surface area contributed by atoms with E-state index in [0.29, 0.717) is 10.6 Å². The van der Waals surface area contributed by atoms with E-state index in [2.05, 4.69) is 0 Å². The highest BCUT2D eigenvalue weighted by atomic mass is 35.5. The van der Waals surface area contributed by atoms with Crippen molar-refractivity contribution in [2.24, 2.45) is 0 Å². The smallest absolute Gasteiger partial charge is 0.336 e. The van der Waals surface area contributed by atoms with Crippen molar-refractivity contribution in [1.29, 1.82) is 0 Å². The molecular weight excluding hydrogens is 270 g/mol. The minimum absolute atomic E-state index is 0.00660. The molecular formula is C13H8ClNO4. The van der Waals surface area contributed by atoms with Gasteiger partial charge in [-0.15, -0.1) is 0 Å². The second-order valence-corrected chi connectivity index (χ2v) is 4.24. The predicted molar refractivity (Wildman–Crippen MR) is 70.5 cm³/mol. The minimum atomic E-state index is -1.15. The zero-order valence-corrected chi connectivity index (χ0v) is 10.3. The van der Waals surface area contributed by atoms with Crippen LogP contribution in [0.2, 0.25) is 5.02 Å². The Hall–Kier alpha value is -2.40. The van der Waals surface area contributed by atoms with Crippen LogP contribution in [0.1, 0.15) is 10.4 Å². The van der Waals surface area contributed by atoms with Gasteiger partial charge in [-0.1, -0.05) is 23.7 Å². The largest absolute Gasteiger partial charge is 0.478 e. The quantitative estimate of drug-likeness (QED) is 0.686. The zero-order valence-electron chi connectivity index (χ0n) is 9.54. The molecule has 6 heteroatoms. The first-order valence-corrected chi connectivity index (χ1v) is 5.64. The molecule has 96 valence electrons. The summed E-state index contributed by atoms with van der Waals surface area (Å²) in [5.74, 6) is -1.15. The number of hydrogen-bond donors (Lipinski definition) is 1. The number of rotatable bonds is 3. The molecule has 2 aromatic rings. The van der Waals surface area contributed by atoms with Gasteiger partial charge in [-0.25, -0.2) is 4.79 Å². The number of non-ortho nitro benzene ring substituents is 1. The molecule has 0 aliphatic rings. The third-order valence-electron chi connectivity index (χ3n) is 2.58. The maximum atomic E-state index is 11.2. The molecule has 0 unspecified atom stereocenters. The average molecular weight is 278 g/mol. The Morgan fingerprint density at radius 3 is 2.53 bits per heavy atom.